The molecule has 2 atom stereocenters. The number of carbonyl (C=O) groups is 2. The van der Waals surface area contributed by atoms with Crippen LogP contribution in [-0.2, 0) is 14.3 Å². The van der Waals surface area contributed by atoms with E-state index in [-0.39, 0.29) is 19.6 Å². The topological polar surface area (TPSA) is 116 Å². The Bertz CT molecular complexity index is 291. The second-order valence-corrected chi connectivity index (χ2v) is 4.72. The molecule has 0 aromatic heterocycles. The molecule has 0 saturated heterocycles. The standard InChI is InChI=1S/C11H21NO6/c1-7(14)18-9(11(2,3)6-13)10(17)12-5-4-8(15)16/h9-10,12-13,17H,4-6H2,1-3H3,(H,15,16). The predicted molar refractivity (Wildman–Crippen MR) is 62.7 cm³/mol. The summed E-state index contributed by atoms with van der Waals surface area (Å²) >= 11 is 0. The van der Waals surface area contributed by atoms with Gasteiger partial charge in [0.05, 0.1) is 13.0 Å². The van der Waals surface area contributed by atoms with E-state index < -0.39 is 29.7 Å². The molecule has 106 valence electrons. The van der Waals surface area contributed by atoms with Gasteiger partial charge in [0.25, 0.3) is 0 Å². The van der Waals surface area contributed by atoms with Gasteiger partial charge in [-0.1, -0.05) is 13.8 Å². The molecule has 0 amide bonds. The molecule has 0 saturated carbocycles. The fraction of sp³-hybridized carbons (Fsp3) is 0.818. The van der Waals surface area contributed by atoms with Crippen LogP contribution >= 0.6 is 0 Å². The Kier molecular flexibility index (Phi) is 6.82. The lowest BCUT2D eigenvalue weighted by molar-refractivity contribution is -0.168. The second-order valence-electron chi connectivity index (χ2n) is 4.72. The molecule has 2 unspecified atom stereocenters. The number of carboxylic acid groups (broad SMARTS) is 1. The number of aliphatic hydroxyl groups excluding tert-OH is 2. The molecular formula is C11H21NO6. The van der Waals surface area contributed by atoms with Gasteiger partial charge in [0, 0.05) is 18.9 Å². The first-order chi connectivity index (χ1) is 8.20. The van der Waals surface area contributed by atoms with Crippen molar-refractivity contribution in [2.45, 2.75) is 39.5 Å². The van der Waals surface area contributed by atoms with Crippen LogP contribution < -0.4 is 5.32 Å². The zero-order chi connectivity index (χ0) is 14.3. The smallest absolute Gasteiger partial charge is 0.304 e. The highest BCUT2D eigenvalue weighted by atomic mass is 16.6. The summed E-state index contributed by atoms with van der Waals surface area (Å²) in [5.74, 6) is -1.58. The lowest BCUT2D eigenvalue weighted by Crippen LogP contribution is -2.51. The average Bonchev–Trinajstić information content (AvgIpc) is 2.24. The minimum absolute atomic E-state index is 0.0375. The molecule has 7 nitrogen and oxygen atoms in total. The van der Waals surface area contributed by atoms with Crippen molar-refractivity contribution in [1.29, 1.82) is 0 Å². The third kappa shape index (κ3) is 5.95. The van der Waals surface area contributed by atoms with E-state index in [1.165, 1.54) is 6.92 Å². The molecule has 0 heterocycles. The van der Waals surface area contributed by atoms with Crippen molar-refractivity contribution in [3.63, 3.8) is 0 Å². The minimum Gasteiger partial charge on any atom is -0.481 e. The van der Waals surface area contributed by atoms with Gasteiger partial charge in [-0.3, -0.25) is 14.9 Å². The van der Waals surface area contributed by atoms with E-state index in [2.05, 4.69) is 5.32 Å². The van der Waals surface area contributed by atoms with E-state index >= 15 is 0 Å². The van der Waals surface area contributed by atoms with Crippen LogP contribution in [-0.4, -0.2) is 52.7 Å². The van der Waals surface area contributed by atoms with E-state index in [1.807, 2.05) is 0 Å². The quantitative estimate of drug-likeness (QED) is 0.338. The van der Waals surface area contributed by atoms with E-state index in [4.69, 9.17) is 9.84 Å². The van der Waals surface area contributed by atoms with Gasteiger partial charge >= 0.3 is 11.9 Å². The Morgan fingerprint density at radius 3 is 2.33 bits per heavy atom. The van der Waals surface area contributed by atoms with Crippen LogP contribution in [0.5, 0.6) is 0 Å². The molecular weight excluding hydrogens is 242 g/mol. The van der Waals surface area contributed by atoms with Gasteiger partial charge in [0.15, 0.2) is 0 Å². The summed E-state index contributed by atoms with van der Waals surface area (Å²) in [5, 5.41) is 30.1. The summed E-state index contributed by atoms with van der Waals surface area (Å²) in [7, 11) is 0. The number of carboxylic acids is 1. The maximum atomic E-state index is 11.0. The summed E-state index contributed by atoms with van der Waals surface area (Å²) in [6, 6.07) is 0. The Morgan fingerprint density at radius 1 is 1.39 bits per heavy atom. The highest BCUT2D eigenvalue weighted by Crippen LogP contribution is 2.24. The van der Waals surface area contributed by atoms with Gasteiger partial charge in [0.2, 0.25) is 0 Å². The lowest BCUT2D eigenvalue weighted by atomic mass is 9.86. The number of hydrogen-bond donors (Lipinski definition) is 4. The van der Waals surface area contributed by atoms with Crippen molar-refractivity contribution < 1.29 is 29.6 Å². The monoisotopic (exact) mass is 263 g/mol. The van der Waals surface area contributed by atoms with Gasteiger partial charge in [-0.05, 0) is 0 Å². The van der Waals surface area contributed by atoms with Gasteiger partial charge in [0.1, 0.15) is 12.3 Å². The number of ether oxygens (including phenoxy) is 1. The highest BCUT2D eigenvalue weighted by Gasteiger charge is 2.37. The summed E-state index contributed by atoms with van der Waals surface area (Å²) in [4.78, 5) is 21.3. The lowest BCUT2D eigenvalue weighted by Gasteiger charge is -2.35. The van der Waals surface area contributed by atoms with Crippen molar-refractivity contribution in [1.82, 2.24) is 5.32 Å². The maximum Gasteiger partial charge on any atom is 0.304 e. The van der Waals surface area contributed by atoms with Crippen LogP contribution in [0, 0.1) is 5.41 Å². The van der Waals surface area contributed by atoms with Crippen LogP contribution in [0.25, 0.3) is 0 Å². The van der Waals surface area contributed by atoms with Gasteiger partial charge in [-0.25, -0.2) is 0 Å². The van der Waals surface area contributed by atoms with E-state index in [9.17, 15) is 19.8 Å². The minimum atomic E-state index is -1.24. The van der Waals surface area contributed by atoms with E-state index in [0.29, 0.717) is 0 Å². The Balaban J connectivity index is 4.54. The van der Waals surface area contributed by atoms with E-state index in [1.54, 1.807) is 13.8 Å². The molecule has 0 aliphatic heterocycles. The van der Waals surface area contributed by atoms with Crippen molar-refractivity contribution in [2.75, 3.05) is 13.2 Å². The third-order valence-electron chi connectivity index (χ3n) is 2.45. The molecule has 0 bridgehead atoms. The molecule has 0 radical (unpaired) electrons. The number of nitrogens with one attached hydrogen (secondary N) is 1. The summed E-state index contributed by atoms with van der Waals surface area (Å²) in [6.45, 7) is 4.20. The summed E-state index contributed by atoms with van der Waals surface area (Å²) in [6.07, 6.45) is -2.37. The number of esters is 1. The normalized spacial score (nSPS) is 14.9. The average molecular weight is 263 g/mol. The fourth-order valence-electron chi connectivity index (χ4n) is 1.35. The van der Waals surface area contributed by atoms with Gasteiger partial charge < -0.3 is 20.1 Å². The van der Waals surface area contributed by atoms with Crippen molar-refractivity contribution >= 4 is 11.9 Å². The first kappa shape index (κ1) is 16.8. The number of rotatable bonds is 8. The summed E-state index contributed by atoms with van der Waals surface area (Å²) < 4.78 is 4.97. The molecule has 0 aromatic rings. The number of aliphatic carboxylic acids is 1. The molecule has 0 spiro atoms. The van der Waals surface area contributed by atoms with Crippen LogP contribution in [0.3, 0.4) is 0 Å². The first-order valence-electron chi connectivity index (χ1n) is 5.62. The molecule has 0 aliphatic carbocycles. The van der Waals surface area contributed by atoms with Crippen LogP contribution in [0.15, 0.2) is 0 Å². The number of hydrogen-bond acceptors (Lipinski definition) is 6. The molecule has 0 rings (SSSR count). The number of carbonyl (C=O) groups excluding carboxylic acids is 1. The molecule has 0 aliphatic rings. The van der Waals surface area contributed by atoms with Crippen LogP contribution in [0.4, 0.5) is 0 Å². The number of aliphatic hydroxyl groups is 2. The van der Waals surface area contributed by atoms with E-state index in [0.717, 1.165) is 0 Å². The molecule has 4 N–H and O–H groups in total. The van der Waals surface area contributed by atoms with Gasteiger partial charge in [-0.2, -0.15) is 0 Å². The predicted octanol–water partition coefficient (Wildman–Crippen LogP) is -0.681. The zero-order valence-electron chi connectivity index (χ0n) is 10.8. The van der Waals surface area contributed by atoms with Crippen molar-refractivity contribution in [3.05, 3.63) is 0 Å². The second kappa shape index (κ2) is 7.30. The highest BCUT2D eigenvalue weighted by molar-refractivity contribution is 5.67. The first-order valence-corrected chi connectivity index (χ1v) is 5.62. The Morgan fingerprint density at radius 2 is 1.94 bits per heavy atom. The largest absolute Gasteiger partial charge is 0.481 e. The molecule has 18 heavy (non-hydrogen) atoms. The maximum absolute atomic E-state index is 11.0. The fourth-order valence-corrected chi connectivity index (χ4v) is 1.35. The zero-order valence-corrected chi connectivity index (χ0v) is 10.8. The van der Waals surface area contributed by atoms with Crippen molar-refractivity contribution in [3.8, 4) is 0 Å². The summed E-state index contributed by atoms with van der Waals surface area (Å²) in [5.41, 5.74) is -0.846. The Hall–Kier alpha value is -1.18. The molecule has 0 fully saturated rings. The molecule has 7 heteroatoms. The van der Waals surface area contributed by atoms with Crippen LogP contribution in [0.1, 0.15) is 27.2 Å². The van der Waals surface area contributed by atoms with Gasteiger partial charge in [-0.15, -0.1) is 0 Å². The van der Waals surface area contributed by atoms with Crippen LogP contribution in [0.2, 0.25) is 0 Å². The SMILES string of the molecule is CC(=O)OC(C(O)NCCC(=O)O)C(C)(C)CO. The Labute approximate surface area is 106 Å². The third-order valence-corrected chi connectivity index (χ3v) is 2.45. The van der Waals surface area contributed by atoms with Crippen molar-refractivity contribution in [2.24, 2.45) is 5.41 Å². The molecule has 0 aromatic carbocycles.